The van der Waals surface area contributed by atoms with Crippen molar-refractivity contribution in [2.45, 2.75) is 44.2 Å². The molecule has 7 heteroatoms. The molecule has 118 valence electrons. The largest absolute Gasteiger partial charge is 0.573 e. The second-order valence-corrected chi connectivity index (χ2v) is 5.97. The number of benzene rings is 1. The molecule has 2 unspecified atom stereocenters. The molecule has 0 aliphatic heterocycles. The number of nitrogens with one attached hydrogen (secondary N) is 1. The van der Waals surface area contributed by atoms with Crippen molar-refractivity contribution < 1.29 is 22.6 Å². The second kappa shape index (κ2) is 6.87. The van der Waals surface area contributed by atoms with Crippen molar-refractivity contribution in [3.05, 3.63) is 22.7 Å². The van der Waals surface area contributed by atoms with Crippen LogP contribution in [0.2, 0.25) is 0 Å². The van der Waals surface area contributed by atoms with E-state index in [0.717, 1.165) is 25.7 Å². The first-order valence-electron chi connectivity index (χ1n) is 6.72. The fourth-order valence-corrected chi connectivity index (χ4v) is 2.87. The summed E-state index contributed by atoms with van der Waals surface area (Å²) in [4.78, 5) is 0. The molecule has 0 heterocycles. The molecule has 3 nitrogen and oxygen atoms in total. The van der Waals surface area contributed by atoms with Gasteiger partial charge in [-0.05, 0) is 43.9 Å². The lowest BCUT2D eigenvalue weighted by molar-refractivity contribution is -0.274. The average molecular weight is 368 g/mol. The van der Waals surface area contributed by atoms with Gasteiger partial charge in [-0.25, -0.2) is 0 Å². The zero-order valence-electron chi connectivity index (χ0n) is 11.5. The van der Waals surface area contributed by atoms with E-state index in [-0.39, 0.29) is 17.9 Å². The van der Waals surface area contributed by atoms with Crippen LogP contribution in [0.3, 0.4) is 0 Å². The van der Waals surface area contributed by atoms with Crippen molar-refractivity contribution in [2.75, 3.05) is 12.4 Å². The molecule has 2 atom stereocenters. The van der Waals surface area contributed by atoms with Gasteiger partial charge >= 0.3 is 6.36 Å². The van der Waals surface area contributed by atoms with E-state index in [9.17, 15) is 13.2 Å². The minimum atomic E-state index is -4.71. The minimum absolute atomic E-state index is 0.0838. The normalized spacial score (nSPS) is 22.9. The Labute approximate surface area is 129 Å². The number of methoxy groups -OCH3 is 1. The number of alkyl halides is 3. The van der Waals surface area contributed by atoms with Gasteiger partial charge in [-0.1, -0.05) is 15.9 Å². The molecule has 1 aliphatic rings. The van der Waals surface area contributed by atoms with Crippen LogP contribution in [0.25, 0.3) is 0 Å². The standard InChI is InChI=1S/C14H17BrF3NO2/c1-20-11-4-2-3-10(8-11)19-12-6-5-9(15)7-13(12)21-14(16,17)18/h5-7,10-11,19H,2-4,8H2,1H3. The molecule has 0 bridgehead atoms. The van der Waals surface area contributed by atoms with Crippen LogP contribution in [0.5, 0.6) is 5.75 Å². The lowest BCUT2D eigenvalue weighted by Crippen LogP contribution is -2.31. The molecular formula is C14H17BrF3NO2. The molecule has 1 fully saturated rings. The Morgan fingerprint density at radius 3 is 2.71 bits per heavy atom. The van der Waals surface area contributed by atoms with Crippen LogP contribution in [0.4, 0.5) is 18.9 Å². The molecule has 0 radical (unpaired) electrons. The highest BCUT2D eigenvalue weighted by atomic mass is 79.9. The molecule has 1 saturated carbocycles. The molecule has 0 saturated heterocycles. The number of anilines is 1. The third kappa shape index (κ3) is 5.07. The number of halogens is 4. The maximum Gasteiger partial charge on any atom is 0.573 e. The molecule has 1 aliphatic carbocycles. The summed E-state index contributed by atoms with van der Waals surface area (Å²) in [6.07, 6.45) is -0.903. The first-order valence-corrected chi connectivity index (χ1v) is 7.51. The minimum Gasteiger partial charge on any atom is -0.404 e. The molecular weight excluding hydrogens is 351 g/mol. The van der Waals surface area contributed by atoms with Crippen molar-refractivity contribution in [2.24, 2.45) is 0 Å². The Hall–Kier alpha value is -0.950. The van der Waals surface area contributed by atoms with Gasteiger partial charge in [-0.3, -0.25) is 0 Å². The summed E-state index contributed by atoms with van der Waals surface area (Å²) < 4.78 is 47.3. The number of hydrogen-bond acceptors (Lipinski definition) is 3. The van der Waals surface area contributed by atoms with Crippen LogP contribution >= 0.6 is 15.9 Å². The van der Waals surface area contributed by atoms with E-state index in [4.69, 9.17) is 4.74 Å². The third-order valence-corrected chi connectivity index (χ3v) is 3.98. The molecule has 21 heavy (non-hydrogen) atoms. The highest BCUT2D eigenvalue weighted by Crippen LogP contribution is 2.35. The van der Waals surface area contributed by atoms with Crippen molar-refractivity contribution in [3.63, 3.8) is 0 Å². The SMILES string of the molecule is COC1CCCC(Nc2ccc(Br)cc2OC(F)(F)F)C1. The first-order chi connectivity index (χ1) is 9.87. The number of rotatable bonds is 4. The van der Waals surface area contributed by atoms with Crippen molar-refractivity contribution in [3.8, 4) is 5.75 Å². The van der Waals surface area contributed by atoms with Crippen molar-refractivity contribution in [1.82, 2.24) is 0 Å². The monoisotopic (exact) mass is 367 g/mol. The summed E-state index contributed by atoms with van der Waals surface area (Å²) in [5.74, 6) is -0.226. The summed E-state index contributed by atoms with van der Waals surface area (Å²) in [5.41, 5.74) is 0.345. The third-order valence-electron chi connectivity index (χ3n) is 3.49. The van der Waals surface area contributed by atoms with Gasteiger partial charge in [0.2, 0.25) is 0 Å². The molecule has 0 aromatic heterocycles. The maximum atomic E-state index is 12.5. The van der Waals surface area contributed by atoms with Crippen LogP contribution in [0.15, 0.2) is 22.7 Å². The maximum absolute atomic E-state index is 12.5. The average Bonchev–Trinajstić information content (AvgIpc) is 2.40. The predicted molar refractivity (Wildman–Crippen MR) is 77.5 cm³/mol. The van der Waals surface area contributed by atoms with E-state index in [1.807, 2.05) is 0 Å². The van der Waals surface area contributed by atoms with Crippen LogP contribution in [0.1, 0.15) is 25.7 Å². The summed E-state index contributed by atoms with van der Waals surface area (Å²) in [6, 6.07) is 4.66. The van der Waals surface area contributed by atoms with E-state index in [2.05, 4.69) is 26.0 Å². The van der Waals surface area contributed by atoms with Gasteiger partial charge in [0.1, 0.15) is 0 Å². The zero-order valence-corrected chi connectivity index (χ0v) is 13.1. The Bertz CT molecular complexity index is 482. The van der Waals surface area contributed by atoms with Gasteiger partial charge in [-0.2, -0.15) is 0 Å². The Morgan fingerprint density at radius 2 is 2.05 bits per heavy atom. The van der Waals surface area contributed by atoms with Gasteiger partial charge in [0.25, 0.3) is 0 Å². The topological polar surface area (TPSA) is 30.5 Å². The van der Waals surface area contributed by atoms with Gasteiger partial charge in [0.15, 0.2) is 5.75 Å². The summed E-state index contributed by atoms with van der Waals surface area (Å²) in [5, 5.41) is 3.14. The lowest BCUT2D eigenvalue weighted by atomic mass is 9.92. The fraction of sp³-hybridized carbons (Fsp3) is 0.571. The molecule has 2 rings (SSSR count). The molecule has 1 N–H and O–H groups in total. The molecule has 0 spiro atoms. The van der Waals surface area contributed by atoms with E-state index >= 15 is 0 Å². The molecule has 1 aromatic rings. The van der Waals surface area contributed by atoms with E-state index in [0.29, 0.717) is 10.2 Å². The van der Waals surface area contributed by atoms with Crippen molar-refractivity contribution in [1.29, 1.82) is 0 Å². The first kappa shape index (κ1) is 16.4. The zero-order chi connectivity index (χ0) is 15.5. The second-order valence-electron chi connectivity index (χ2n) is 5.05. The number of hydrogen-bond donors (Lipinski definition) is 1. The molecule has 1 aromatic carbocycles. The smallest absolute Gasteiger partial charge is 0.404 e. The van der Waals surface area contributed by atoms with Crippen LogP contribution in [-0.4, -0.2) is 25.6 Å². The van der Waals surface area contributed by atoms with Gasteiger partial charge in [0.05, 0.1) is 11.8 Å². The summed E-state index contributed by atoms with van der Waals surface area (Å²) in [7, 11) is 1.66. The highest BCUT2D eigenvalue weighted by Gasteiger charge is 2.32. The Kier molecular flexibility index (Phi) is 5.37. The predicted octanol–water partition coefficient (Wildman–Crippen LogP) is 4.72. The quantitative estimate of drug-likeness (QED) is 0.835. The molecule has 0 amide bonds. The number of ether oxygens (including phenoxy) is 2. The van der Waals surface area contributed by atoms with Crippen LogP contribution in [0, 0.1) is 0 Å². The Balaban J connectivity index is 2.11. The van der Waals surface area contributed by atoms with Crippen molar-refractivity contribution >= 4 is 21.6 Å². The van der Waals surface area contributed by atoms with Gasteiger partial charge in [0, 0.05) is 17.6 Å². The fourth-order valence-electron chi connectivity index (χ4n) is 2.53. The summed E-state index contributed by atoms with van der Waals surface area (Å²) in [6.45, 7) is 0. The van der Waals surface area contributed by atoms with Gasteiger partial charge in [-0.15, -0.1) is 13.2 Å². The Morgan fingerprint density at radius 1 is 1.29 bits per heavy atom. The van der Waals surface area contributed by atoms with Crippen LogP contribution < -0.4 is 10.1 Å². The van der Waals surface area contributed by atoms with E-state index < -0.39 is 6.36 Å². The highest BCUT2D eigenvalue weighted by molar-refractivity contribution is 9.10. The van der Waals surface area contributed by atoms with E-state index in [1.54, 1.807) is 19.2 Å². The lowest BCUT2D eigenvalue weighted by Gasteiger charge is -2.30. The summed E-state index contributed by atoms with van der Waals surface area (Å²) >= 11 is 3.15. The van der Waals surface area contributed by atoms with E-state index in [1.165, 1.54) is 6.07 Å². The van der Waals surface area contributed by atoms with Crippen LogP contribution in [-0.2, 0) is 4.74 Å². The van der Waals surface area contributed by atoms with Gasteiger partial charge < -0.3 is 14.8 Å².